The Morgan fingerprint density at radius 1 is 0.966 bits per heavy atom. The topological polar surface area (TPSA) is 41.0 Å². The van der Waals surface area contributed by atoms with Gasteiger partial charge in [0.1, 0.15) is 5.82 Å². The van der Waals surface area contributed by atoms with E-state index in [1.165, 1.54) is 44.6 Å². The van der Waals surface area contributed by atoms with Crippen molar-refractivity contribution in [2.24, 2.45) is 0 Å². The second-order valence-electron chi connectivity index (χ2n) is 8.17. The van der Waals surface area contributed by atoms with Gasteiger partial charge in [-0.25, -0.2) is 9.97 Å². The average molecular weight is 427 g/mol. The molecule has 2 aromatic rings. The zero-order valence-corrected chi connectivity index (χ0v) is 17.1. The molecule has 2 heterocycles. The van der Waals surface area contributed by atoms with Crippen molar-refractivity contribution in [1.82, 2.24) is 14.9 Å². The van der Waals surface area contributed by atoms with Crippen molar-refractivity contribution in [3.8, 4) is 0 Å². The molecule has 0 unspecified atom stereocenters. The van der Waals surface area contributed by atoms with E-state index < -0.39 is 11.7 Å². The summed E-state index contributed by atoms with van der Waals surface area (Å²) in [5.41, 5.74) is -0.527. The van der Waals surface area contributed by atoms with Crippen molar-refractivity contribution in [2.75, 3.05) is 18.4 Å². The maximum atomic E-state index is 13.0. The van der Waals surface area contributed by atoms with Crippen molar-refractivity contribution < 1.29 is 13.2 Å². The number of rotatable bonds is 3. The van der Waals surface area contributed by atoms with Crippen molar-refractivity contribution >= 4 is 28.3 Å². The van der Waals surface area contributed by atoms with Gasteiger partial charge in [0.2, 0.25) is 5.28 Å². The summed E-state index contributed by atoms with van der Waals surface area (Å²) in [5, 5.41) is 3.93. The SMILES string of the molecule is FC(F)(F)c1ccc2c(NC3CCN(C4CCCCCC4)CC3)nc(Cl)nc2c1. The number of aromatic nitrogens is 2. The van der Waals surface area contributed by atoms with Crippen LogP contribution in [0.25, 0.3) is 10.9 Å². The van der Waals surface area contributed by atoms with E-state index >= 15 is 0 Å². The number of piperidine rings is 1. The van der Waals surface area contributed by atoms with Gasteiger partial charge in [-0.1, -0.05) is 25.7 Å². The van der Waals surface area contributed by atoms with Crippen molar-refractivity contribution in [3.05, 3.63) is 29.0 Å². The lowest BCUT2D eigenvalue weighted by Crippen LogP contribution is -2.44. The van der Waals surface area contributed by atoms with Gasteiger partial charge >= 0.3 is 6.18 Å². The fraction of sp³-hybridized carbons (Fsp3) is 0.619. The van der Waals surface area contributed by atoms with Crippen molar-refractivity contribution in [1.29, 1.82) is 0 Å². The zero-order chi connectivity index (χ0) is 20.4. The monoisotopic (exact) mass is 426 g/mol. The van der Waals surface area contributed by atoms with Crippen LogP contribution in [0, 0.1) is 0 Å². The Labute approximate surface area is 173 Å². The van der Waals surface area contributed by atoms with Gasteiger partial charge in [-0.3, -0.25) is 0 Å². The van der Waals surface area contributed by atoms with Gasteiger partial charge in [-0.2, -0.15) is 13.2 Å². The molecule has 0 radical (unpaired) electrons. The number of hydrogen-bond donors (Lipinski definition) is 1. The number of benzene rings is 1. The lowest BCUT2D eigenvalue weighted by molar-refractivity contribution is -0.137. The molecule has 1 aromatic carbocycles. The zero-order valence-electron chi connectivity index (χ0n) is 16.3. The maximum absolute atomic E-state index is 13.0. The summed E-state index contributed by atoms with van der Waals surface area (Å²) in [6.45, 7) is 2.08. The quantitative estimate of drug-likeness (QED) is 0.490. The molecule has 1 saturated carbocycles. The van der Waals surface area contributed by atoms with Crippen molar-refractivity contribution in [3.63, 3.8) is 0 Å². The highest BCUT2D eigenvalue weighted by molar-refractivity contribution is 6.28. The Morgan fingerprint density at radius 3 is 2.31 bits per heavy atom. The van der Waals surface area contributed by atoms with Crippen LogP contribution in [-0.4, -0.2) is 40.0 Å². The largest absolute Gasteiger partial charge is 0.416 e. The second-order valence-corrected chi connectivity index (χ2v) is 8.51. The van der Waals surface area contributed by atoms with Gasteiger partial charge in [0, 0.05) is 30.6 Å². The molecule has 4 rings (SSSR count). The predicted molar refractivity (Wildman–Crippen MR) is 109 cm³/mol. The average Bonchev–Trinajstić information content (AvgIpc) is 2.97. The normalized spacial score (nSPS) is 20.7. The van der Waals surface area contributed by atoms with E-state index in [1.807, 2.05) is 0 Å². The molecule has 0 spiro atoms. The van der Waals surface area contributed by atoms with E-state index in [-0.39, 0.29) is 16.8 Å². The maximum Gasteiger partial charge on any atom is 0.416 e. The standard InChI is InChI=1S/C21H26ClF3N4/c22-20-27-18-13-14(21(23,24)25)7-8-17(18)19(28-20)26-15-9-11-29(12-10-15)16-5-3-1-2-4-6-16/h7-8,13,15-16H,1-6,9-12H2,(H,26,27,28). The molecule has 2 aliphatic rings. The van der Waals surface area contributed by atoms with E-state index in [4.69, 9.17) is 11.6 Å². The van der Waals surface area contributed by atoms with E-state index in [0.717, 1.165) is 38.1 Å². The molecular formula is C21H26ClF3N4. The summed E-state index contributed by atoms with van der Waals surface area (Å²) in [5.74, 6) is 0.515. The van der Waals surface area contributed by atoms with E-state index in [9.17, 15) is 13.2 Å². The summed E-state index contributed by atoms with van der Waals surface area (Å²) in [4.78, 5) is 10.9. The first-order valence-electron chi connectivity index (χ1n) is 10.5. The third-order valence-corrected chi connectivity index (χ3v) is 6.38. The van der Waals surface area contributed by atoms with Crippen LogP contribution >= 0.6 is 11.6 Å². The minimum Gasteiger partial charge on any atom is -0.367 e. The Kier molecular flexibility index (Phi) is 6.16. The molecule has 1 N–H and O–H groups in total. The highest BCUT2D eigenvalue weighted by atomic mass is 35.5. The van der Waals surface area contributed by atoms with Crippen LogP contribution < -0.4 is 5.32 Å². The van der Waals surface area contributed by atoms with Gasteiger partial charge in [0.25, 0.3) is 0 Å². The number of nitrogens with one attached hydrogen (secondary N) is 1. The third-order valence-electron chi connectivity index (χ3n) is 6.21. The van der Waals surface area contributed by atoms with E-state index in [0.29, 0.717) is 17.2 Å². The molecule has 0 atom stereocenters. The number of halogens is 4. The summed E-state index contributed by atoms with van der Waals surface area (Å²) in [7, 11) is 0. The highest BCUT2D eigenvalue weighted by Gasteiger charge is 2.31. The third kappa shape index (κ3) is 4.94. The lowest BCUT2D eigenvalue weighted by atomic mass is 9.99. The van der Waals surface area contributed by atoms with Gasteiger partial charge in [-0.15, -0.1) is 0 Å². The first kappa shape index (κ1) is 20.7. The van der Waals surface area contributed by atoms with E-state index in [1.54, 1.807) is 0 Å². The van der Waals surface area contributed by atoms with Gasteiger partial charge in [0.15, 0.2) is 0 Å². The Bertz CT molecular complexity index is 842. The fourth-order valence-corrected chi connectivity index (χ4v) is 4.79. The predicted octanol–water partition coefficient (Wildman–Crippen LogP) is 5.90. The van der Waals surface area contributed by atoms with Gasteiger partial charge < -0.3 is 10.2 Å². The van der Waals surface area contributed by atoms with E-state index in [2.05, 4.69) is 20.2 Å². The number of alkyl halides is 3. The van der Waals surface area contributed by atoms with Crippen LogP contribution in [0.3, 0.4) is 0 Å². The number of nitrogens with zero attached hydrogens (tertiary/aromatic N) is 3. The van der Waals surface area contributed by atoms with Crippen LogP contribution in [0.1, 0.15) is 56.9 Å². The van der Waals surface area contributed by atoms with Crippen LogP contribution in [0.5, 0.6) is 0 Å². The molecule has 29 heavy (non-hydrogen) atoms. The molecule has 158 valence electrons. The van der Waals surface area contributed by atoms with Crippen LogP contribution in [0.15, 0.2) is 18.2 Å². The summed E-state index contributed by atoms with van der Waals surface area (Å²) < 4.78 is 39.0. The van der Waals surface area contributed by atoms with Crippen LogP contribution in [-0.2, 0) is 6.18 Å². The van der Waals surface area contributed by atoms with Gasteiger partial charge in [0.05, 0.1) is 11.1 Å². The summed E-state index contributed by atoms with van der Waals surface area (Å²) in [6, 6.07) is 4.46. The number of fused-ring (bicyclic) bond motifs is 1. The Balaban J connectivity index is 1.45. The molecule has 0 amide bonds. The summed E-state index contributed by atoms with van der Waals surface area (Å²) in [6.07, 6.45) is 5.52. The number of hydrogen-bond acceptors (Lipinski definition) is 4. The number of anilines is 1. The minimum absolute atomic E-state index is 0.0461. The molecule has 0 bridgehead atoms. The molecule has 1 aliphatic heterocycles. The fourth-order valence-electron chi connectivity index (χ4n) is 4.61. The second kappa shape index (κ2) is 8.64. The highest BCUT2D eigenvalue weighted by Crippen LogP contribution is 2.33. The molecule has 2 fully saturated rings. The Hall–Kier alpha value is -1.60. The lowest BCUT2D eigenvalue weighted by Gasteiger charge is -2.37. The molecule has 1 saturated heterocycles. The first-order chi connectivity index (χ1) is 13.9. The smallest absolute Gasteiger partial charge is 0.367 e. The molecule has 8 heteroatoms. The molecule has 4 nitrogen and oxygen atoms in total. The molecule has 1 aliphatic carbocycles. The minimum atomic E-state index is -4.41. The number of likely N-dealkylation sites (tertiary alicyclic amines) is 1. The molecule has 1 aromatic heterocycles. The van der Waals surface area contributed by atoms with Gasteiger partial charge in [-0.05, 0) is 55.5 Å². The van der Waals surface area contributed by atoms with Crippen LogP contribution in [0.4, 0.5) is 19.0 Å². The van der Waals surface area contributed by atoms with Crippen LogP contribution in [0.2, 0.25) is 5.28 Å². The Morgan fingerprint density at radius 2 is 1.66 bits per heavy atom. The molecular weight excluding hydrogens is 401 g/mol. The van der Waals surface area contributed by atoms with Crippen molar-refractivity contribution in [2.45, 2.75) is 69.6 Å². The first-order valence-corrected chi connectivity index (χ1v) is 10.8. The summed E-state index contributed by atoms with van der Waals surface area (Å²) >= 11 is 6.00.